The molecule has 86 valence electrons. The van der Waals surface area contributed by atoms with Crippen LogP contribution in [0.2, 0.25) is 0 Å². The lowest BCUT2D eigenvalue weighted by molar-refractivity contribution is 0.466. The summed E-state index contributed by atoms with van der Waals surface area (Å²) in [7, 11) is 0. The summed E-state index contributed by atoms with van der Waals surface area (Å²) in [6, 6.07) is 5.66. The predicted octanol–water partition coefficient (Wildman–Crippen LogP) is 2.57. The monoisotopic (exact) mass is 218 g/mol. The van der Waals surface area contributed by atoms with E-state index in [4.69, 9.17) is 5.26 Å². The first-order valence-corrected chi connectivity index (χ1v) is 5.53. The van der Waals surface area contributed by atoms with Crippen molar-refractivity contribution in [3.05, 3.63) is 28.8 Å². The van der Waals surface area contributed by atoms with Crippen LogP contribution in [0.25, 0.3) is 0 Å². The van der Waals surface area contributed by atoms with Crippen LogP contribution in [0.5, 0.6) is 5.75 Å². The summed E-state index contributed by atoms with van der Waals surface area (Å²) in [6.07, 6.45) is 0.994. The summed E-state index contributed by atoms with van der Waals surface area (Å²) in [4.78, 5) is 0. The molecule has 0 saturated heterocycles. The van der Waals surface area contributed by atoms with Gasteiger partial charge in [-0.2, -0.15) is 5.26 Å². The van der Waals surface area contributed by atoms with Crippen molar-refractivity contribution in [2.45, 2.75) is 33.2 Å². The molecule has 0 aliphatic carbocycles. The third-order valence-corrected chi connectivity index (χ3v) is 2.57. The van der Waals surface area contributed by atoms with E-state index in [1.165, 1.54) is 0 Å². The molecule has 3 heteroatoms. The van der Waals surface area contributed by atoms with Gasteiger partial charge in [-0.3, -0.25) is 5.32 Å². The zero-order chi connectivity index (χ0) is 12.1. The Kier molecular flexibility index (Phi) is 4.33. The van der Waals surface area contributed by atoms with Crippen LogP contribution >= 0.6 is 0 Å². The molecule has 0 radical (unpaired) electrons. The molecule has 0 saturated carbocycles. The van der Waals surface area contributed by atoms with Gasteiger partial charge in [0.2, 0.25) is 0 Å². The van der Waals surface area contributed by atoms with E-state index < -0.39 is 0 Å². The second-order valence-corrected chi connectivity index (χ2v) is 4.02. The van der Waals surface area contributed by atoms with Gasteiger partial charge in [0.25, 0.3) is 0 Å². The van der Waals surface area contributed by atoms with Crippen LogP contribution in [0.3, 0.4) is 0 Å². The molecule has 1 rings (SSSR count). The molecule has 1 aromatic rings. The Bertz CT molecular complexity index is 384. The van der Waals surface area contributed by atoms with Crippen molar-refractivity contribution in [1.82, 2.24) is 5.32 Å². The Labute approximate surface area is 96.7 Å². The molecule has 0 aromatic heterocycles. The number of nitriles is 1. The Hall–Kier alpha value is -1.53. The third kappa shape index (κ3) is 2.74. The van der Waals surface area contributed by atoms with Crippen LogP contribution < -0.4 is 5.32 Å². The first kappa shape index (κ1) is 12.5. The minimum atomic E-state index is -0.294. The van der Waals surface area contributed by atoms with Gasteiger partial charge in [-0.25, -0.2) is 0 Å². The molecular formula is C13H18N2O. The van der Waals surface area contributed by atoms with Crippen molar-refractivity contribution in [1.29, 1.82) is 5.26 Å². The van der Waals surface area contributed by atoms with Gasteiger partial charge in [-0.15, -0.1) is 0 Å². The first-order chi connectivity index (χ1) is 7.60. The van der Waals surface area contributed by atoms with Gasteiger partial charge in [0.15, 0.2) is 0 Å². The number of aryl methyl sites for hydroxylation is 2. The standard InChI is InChI=1S/C13H18N2O/c1-4-5-15-12(8-14)11-6-9(2)13(16)10(3)7-11/h6-7,12,15-16H,4-5H2,1-3H3. The number of benzene rings is 1. The van der Waals surface area contributed by atoms with Crippen molar-refractivity contribution in [3.8, 4) is 11.8 Å². The topological polar surface area (TPSA) is 56.0 Å². The van der Waals surface area contributed by atoms with E-state index in [9.17, 15) is 5.11 Å². The van der Waals surface area contributed by atoms with Gasteiger partial charge in [0.1, 0.15) is 11.8 Å². The highest BCUT2D eigenvalue weighted by Gasteiger charge is 2.12. The summed E-state index contributed by atoms with van der Waals surface area (Å²) in [5.41, 5.74) is 2.55. The lowest BCUT2D eigenvalue weighted by Crippen LogP contribution is -2.20. The van der Waals surface area contributed by atoms with E-state index >= 15 is 0 Å². The number of hydrogen-bond donors (Lipinski definition) is 2. The fourth-order valence-corrected chi connectivity index (χ4v) is 1.68. The molecule has 0 heterocycles. The minimum Gasteiger partial charge on any atom is -0.507 e. The summed E-state index contributed by atoms with van der Waals surface area (Å²) < 4.78 is 0. The summed E-state index contributed by atoms with van der Waals surface area (Å²) >= 11 is 0. The maximum atomic E-state index is 9.66. The van der Waals surface area contributed by atoms with Crippen molar-refractivity contribution in [3.63, 3.8) is 0 Å². The molecule has 2 N–H and O–H groups in total. The lowest BCUT2D eigenvalue weighted by atomic mass is 10.0. The highest BCUT2D eigenvalue weighted by atomic mass is 16.3. The summed E-state index contributed by atoms with van der Waals surface area (Å²) in [5.74, 6) is 0.316. The molecule has 0 bridgehead atoms. The Morgan fingerprint density at radius 1 is 1.38 bits per heavy atom. The highest BCUT2D eigenvalue weighted by molar-refractivity contribution is 5.44. The molecule has 0 aliphatic heterocycles. The van der Waals surface area contributed by atoms with E-state index in [0.29, 0.717) is 5.75 Å². The van der Waals surface area contributed by atoms with Crippen LogP contribution in [-0.2, 0) is 0 Å². The zero-order valence-corrected chi connectivity index (χ0v) is 10.0. The molecule has 1 aromatic carbocycles. The van der Waals surface area contributed by atoms with Gasteiger partial charge >= 0.3 is 0 Å². The van der Waals surface area contributed by atoms with Gasteiger partial charge in [0, 0.05) is 0 Å². The van der Waals surface area contributed by atoms with E-state index in [1.54, 1.807) is 0 Å². The van der Waals surface area contributed by atoms with Gasteiger partial charge < -0.3 is 5.11 Å². The molecule has 3 nitrogen and oxygen atoms in total. The van der Waals surface area contributed by atoms with Crippen molar-refractivity contribution in [2.75, 3.05) is 6.54 Å². The molecule has 16 heavy (non-hydrogen) atoms. The fourth-order valence-electron chi connectivity index (χ4n) is 1.68. The summed E-state index contributed by atoms with van der Waals surface area (Å²) in [5, 5.41) is 21.9. The molecule has 0 fully saturated rings. The molecule has 0 aliphatic rings. The number of phenols is 1. The molecular weight excluding hydrogens is 200 g/mol. The minimum absolute atomic E-state index is 0.294. The summed E-state index contributed by atoms with van der Waals surface area (Å²) in [6.45, 7) is 6.58. The number of nitrogens with zero attached hydrogens (tertiary/aromatic N) is 1. The van der Waals surface area contributed by atoms with E-state index in [2.05, 4.69) is 18.3 Å². The number of rotatable bonds is 4. The van der Waals surface area contributed by atoms with E-state index in [1.807, 2.05) is 26.0 Å². The third-order valence-electron chi connectivity index (χ3n) is 2.57. The fraction of sp³-hybridized carbons (Fsp3) is 0.462. The molecule has 0 spiro atoms. The average molecular weight is 218 g/mol. The van der Waals surface area contributed by atoms with Crippen LogP contribution in [-0.4, -0.2) is 11.7 Å². The van der Waals surface area contributed by atoms with Crippen LogP contribution in [0, 0.1) is 25.2 Å². The van der Waals surface area contributed by atoms with Crippen molar-refractivity contribution >= 4 is 0 Å². The smallest absolute Gasteiger partial charge is 0.121 e. The Balaban J connectivity index is 2.98. The Morgan fingerprint density at radius 3 is 2.38 bits per heavy atom. The SMILES string of the molecule is CCCNC(C#N)c1cc(C)c(O)c(C)c1. The molecule has 0 amide bonds. The van der Waals surface area contributed by atoms with Crippen molar-refractivity contribution < 1.29 is 5.11 Å². The highest BCUT2D eigenvalue weighted by Crippen LogP contribution is 2.25. The van der Waals surface area contributed by atoms with Crippen LogP contribution in [0.1, 0.15) is 36.1 Å². The van der Waals surface area contributed by atoms with Crippen LogP contribution in [0.4, 0.5) is 0 Å². The van der Waals surface area contributed by atoms with E-state index in [-0.39, 0.29) is 6.04 Å². The molecule has 1 atom stereocenters. The number of hydrogen-bond acceptors (Lipinski definition) is 3. The van der Waals surface area contributed by atoms with E-state index in [0.717, 1.165) is 29.7 Å². The average Bonchev–Trinajstić information content (AvgIpc) is 2.26. The number of phenolic OH excluding ortho intramolecular Hbond substituents is 1. The normalized spacial score (nSPS) is 12.1. The first-order valence-electron chi connectivity index (χ1n) is 5.53. The maximum absolute atomic E-state index is 9.66. The Morgan fingerprint density at radius 2 is 1.94 bits per heavy atom. The quantitative estimate of drug-likeness (QED) is 0.816. The number of nitrogens with one attached hydrogen (secondary N) is 1. The zero-order valence-electron chi connectivity index (χ0n) is 10.0. The molecule has 1 unspecified atom stereocenters. The lowest BCUT2D eigenvalue weighted by Gasteiger charge is -2.13. The van der Waals surface area contributed by atoms with Crippen LogP contribution in [0.15, 0.2) is 12.1 Å². The van der Waals surface area contributed by atoms with Gasteiger partial charge in [0.05, 0.1) is 6.07 Å². The van der Waals surface area contributed by atoms with Gasteiger partial charge in [-0.05, 0) is 55.6 Å². The second kappa shape index (κ2) is 5.53. The maximum Gasteiger partial charge on any atom is 0.121 e. The largest absolute Gasteiger partial charge is 0.507 e. The van der Waals surface area contributed by atoms with Gasteiger partial charge in [-0.1, -0.05) is 6.92 Å². The second-order valence-electron chi connectivity index (χ2n) is 4.02. The van der Waals surface area contributed by atoms with Crippen molar-refractivity contribution in [2.24, 2.45) is 0 Å². The number of aromatic hydroxyl groups is 1. The predicted molar refractivity (Wildman–Crippen MR) is 64.2 cm³/mol.